The van der Waals surface area contributed by atoms with Crippen LogP contribution < -0.4 is 0 Å². The Morgan fingerprint density at radius 2 is 0.771 bits per heavy atom. The Morgan fingerprint density at radius 3 is 1.20 bits per heavy atom. The van der Waals surface area contributed by atoms with Gasteiger partial charge in [-0.1, -0.05) is 154 Å². The maximum absolute atomic E-state index is 2.49. The SMILES string of the molecule is CCCCC/C=C\C/C=C\CCCCCCCCCCCCC(CCCCCCCCC)N(C)C. The van der Waals surface area contributed by atoms with Gasteiger partial charge >= 0.3 is 0 Å². The fourth-order valence-electron chi connectivity index (χ4n) is 5.07. The second kappa shape index (κ2) is 29.7. The van der Waals surface area contributed by atoms with Crippen molar-refractivity contribution >= 4 is 0 Å². The molecule has 0 aromatic carbocycles. The molecule has 0 aromatic heterocycles. The standard InChI is InChI=1S/C34H67N/c1-5-7-9-11-13-14-15-16-17-18-19-20-21-22-23-24-25-27-29-31-33-34(35(3)4)32-30-28-26-12-10-8-6-2/h13-14,16-17,34H,5-12,15,18-33H2,1-4H3/b14-13-,17-16-. The van der Waals surface area contributed by atoms with Gasteiger partial charge < -0.3 is 4.90 Å². The molecule has 0 rings (SSSR count). The van der Waals surface area contributed by atoms with Gasteiger partial charge in [-0.2, -0.15) is 0 Å². The first-order valence-corrected chi connectivity index (χ1v) is 16.2. The van der Waals surface area contributed by atoms with E-state index in [1.54, 1.807) is 0 Å². The summed E-state index contributed by atoms with van der Waals surface area (Å²) in [6.45, 7) is 4.58. The minimum atomic E-state index is 0.813. The van der Waals surface area contributed by atoms with Crippen molar-refractivity contribution in [2.45, 2.75) is 180 Å². The van der Waals surface area contributed by atoms with E-state index in [4.69, 9.17) is 0 Å². The third kappa shape index (κ3) is 27.9. The summed E-state index contributed by atoms with van der Waals surface area (Å²) in [5, 5.41) is 0. The van der Waals surface area contributed by atoms with Crippen LogP contribution in [-0.2, 0) is 0 Å². The maximum Gasteiger partial charge on any atom is 0.00891 e. The van der Waals surface area contributed by atoms with E-state index in [1.807, 2.05) is 0 Å². The third-order valence-corrected chi connectivity index (χ3v) is 7.61. The molecule has 0 N–H and O–H groups in total. The van der Waals surface area contributed by atoms with Crippen molar-refractivity contribution in [3.63, 3.8) is 0 Å². The van der Waals surface area contributed by atoms with Crippen molar-refractivity contribution in [2.24, 2.45) is 0 Å². The first-order chi connectivity index (χ1) is 17.2. The predicted octanol–water partition coefficient (Wildman–Crippen LogP) is 11.8. The zero-order valence-electron chi connectivity index (χ0n) is 25.0. The van der Waals surface area contributed by atoms with Crippen LogP contribution in [0.5, 0.6) is 0 Å². The van der Waals surface area contributed by atoms with Gasteiger partial charge in [-0.25, -0.2) is 0 Å². The molecular weight excluding hydrogens is 422 g/mol. The molecule has 0 heterocycles. The van der Waals surface area contributed by atoms with Gasteiger partial charge in [-0.15, -0.1) is 0 Å². The number of rotatable bonds is 28. The zero-order valence-corrected chi connectivity index (χ0v) is 25.0. The molecule has 35 heavy (non-hydrogen) atoms. The lowest BCUT2D eigenvalue weighted by Crippen LogP contribution is -2.27. The Bertz CT molecular complexity index is 436. The van der Waals surface area contributed by atoms with Gasteiger partial charge in [0.15, 0.2) is 0 Å². The second-order valence-corrected chi connectivity index (χ2v) is 11.3. The van der Waals surface area contributed by atoms with Crippen molar-refractivity contribution in [2.75, 3.05) is 14.1 Å². The topological polar surface area (TPSA) is 3.24 Å². The Balaban J connectivity index is 3.40. The van der Waals surface area contributed by atoms with Gasteiger partial charge in [0.25, 0.3) is 0 Å². The average Bonchev–Trinajstić information content (AvgIpc) is 2.85. The van der Waals surface area contributed by atoms with Crippen LogP contribution in [0.15, 0.2) is 24.3 Å². The quantitative estimate of drug-likeness (QED) is 0.0780. The van der Waals surface area contributed by atoms with Crippen LogP contribution in [-0.4, -0.2) is 25.0 Å². The molecule has 1 atom stereocenters. The van der Waals surface area contributed by atoms with Crippen molar-refractivity contribution in [3.8, 4) is 0 Å². The summed E-state index contributed by atoms with van der Waals surface area (Å²) in [5.41, 5.74) is 0. The number of unbranched alkanes of at least 4 members (excludes halogenated alkanes) is 19. The van der Waals surface area contributed by atoms with Crippen LogP contribution >= 0.6 is 0 Å². The van der Waals surface area contributed by atoms with Crippen LogP contribution in [0, 0.1) is 0 Å². The lowest BCUT2D eigenvalue weighted by atomic mass is 9.99. The molecule has 208 valence electrons. The average molecular weight is 490 g/mol. The fourth-order valence-corrected chi connectivity index (χ4v) is 5.07. The zero-order chi connectivity index (χ0) is 25.7. The highest BCUT2D eigenvalue weighted by atomic mass is 15.1. The van der Waals surface area contributed by atoms with E-state index in [0.717, 1.165) is 12.5 Å². The Kier molecular flexibility index (Phi) is 29.2. The van der Waals surface area contributed by atoms with Crippen molar-refractivity contribution in [1.82, 2.24) is 4.90 Å². The van der Waals surface area contributed by atoms with E-state index >= 15 is 0 Å². The molecule has 0 saturated carbocycles. The molecule has 0 amide bonds. The highest BCUT2D eigenvalue weighted by Gasteiger charge is 2.10. The largest absolute Gasteiger partial charge is 0.306 e. The minimum Gasteiger partial charge on any atom is -0.306 e. The third-order valence-electron chi connectivity index (χ3n) is 7.61. The van der Waals surface area contributed by atoms with E-state index in [9.17, 15) is 0 Å². The molecule has 0 aromatic rings. The number of hydrogen-bond acceptors (Lipinski definition) is 1. The monoisotopic (exact) mass is 490 g/mol. The fraction of sp³-hybridized carbons (Fsp3) is 0.882. The molecule has 0 radical (unpaired) electrons. The van der Waals surface area contributed by atoms with Crippen molar-refractivity contribution < 1.29 is 0 Å². The van der Waals surface area contributed by atoms with Gasteiger partial charge in [0.1, 0.15) is 0 Å². The van der Waals surface area contributed by atoms with E-state index < -0.39 is 0 Å². The minimum absolute atomic E-state index is 0.813. The summed E-state index contributed by atoms with van der Waals surface area (Å²) in [6.07, 6.45) is 44.4. The number of nitrogens with zero attached hydrogens (tertiary/aromatic N) is 1. The smallest absolute Gasteiger partial charge is 0.00891 e. The van der Waals surface area contributed by atoms with Gasteiger partial charge in [-0.3, -0.25) is 0 Å². The molecule has 1 nitrogen and oxygen atoms in total. The number of hydrogen-bond donors (Lipinski definition) is 0. The van der Waals surface area contributed by atoms with E-state index in [0.29, 0.717) is 0 Å². The normalized spacial score (nSPS) is 13.1. The summed E-state index contributed by atoms with van der Waals surface area (Å²) in [4.78, 5) is 2.49. The summed E-state index contributed by atoms with van der Waals surface area (Å²) < 4.78 is 0. The van der Waals surface area contributed by atoms with E-state index in [-0.39, 0.29) is 0 Å². The first kappa shape index (κ1) is 34.4. The van der Waals surface area contributed by atoms with Gasteiger partial charge in [0.05, 0.1) is 0 Å². The molecule has 1 heteroatoms. The number of allylic oxidation sites excluding steroid dienone is 4. The summed E-state index contributed by atoms with van der Waals surface area (Å²) in [5.74, 6) is 0. The molecule has 0 bridgehead atoms. The molecule has 0 spiro atoms. The Hall–Kier alpha value is -0.560. The van der Waals surface area contributed by atoms with Crippen LogP contribution in [0.1, 0.15) is 174 Å². The van der Waals surface area contributed by atoms with Gasteiger partial charge in [-0.05, 0) is 59.0 Å². The Morgan fingerprint density at radius 1 is 0.429 bits per heavy atom. The van der Waals surface area contributed by atoms with Crippen LogP contribution in [0.4, 0.5) is 0 Å². The molecule has 0 saturated heterocycles. The lowest BCUT2D eigenvalue weighted by Gasteiger charge is -2.24. The van der Waals surface area contributed by atoms with Gasteiger partial charge in [0, 0.05) is 6.04 Å². The van der Waals surface area contributed by atoms with E-state index in [2.05, 4.69) is 57.1 Å². The summed E-state index contributed by atoms with van der Waals surface area (Å²) >= 11 is 0. The van der Waals surface area contributed by atoms with Crippen LogP contribution in [0.3, 0.4) is 0 Å². The highest BCUT2D eigenvalue weighted by Crippen LogP contribution is 2.18. The summed E-state index contributed by atoms with van der Waals surface area (Å²) in [6, 6.07) is 0.813. The molecule has 0 fully saturated rings. The maximum atomic E-state index is 2.49. The predicted molar refractivity (Wildman–Crippen MR) is 163 cm³/mol. The van der Waals surface area contributed by atoms with Crippen molar-refractivity contribution in [1.29, 1.82) is 0 Å². The van der Waals surface area contributed by atoms with E-state index in [1.165, 1.54) is 154 Å². The molecule has 0 aliphatic heterocycles. The first-order valence-electron chi connectivity index (χ1n) is 16.2. The van der Waals surface area contributed by atoms with Crippen molar-refractivity contribution in [3.05, 3.63) is 24.3 Å². The molecular formula is C34H67N. The van der Waals surface area contributed by atoms with Crippen LogP contribution in [0.25, 0.3) is 0 Å². The van der Waals surface area contributed by atoms with Gasteiger partial charge in [0.2, 0.25) is 0 Å². The second-order valence-electron chi connectivity index (χ2n) is 11.3. The highest BCUT2D eigenvalue weighted by molar-refractivity contribution is 4.92. The molecule has 0 aliphatic rings. The Labute approximate surface area is 223 Å². The summed E-state index contributed by atoms with van der Waals surface area (Å²) in [7, 11) is 4.58. The molecule has 0 aliphatic carbocycles. The molecule has 1 unspecified atom stereocenters. The lowest BCUT2D eigenvalue weighted by molar-refractivity contribution is 0.251. The van der Waals surface area contributed by atoms with Crippen LogP contribution in [0.2, 0.25) is 0 Å².